The molecule has 0 aromatic heterocycles. The largest absolute Gasteiger partial charge is 0.394 e. The molecule has 1 aromatic rings. The molecule has 5 heteroatoms. The smallest absolute Gasteiger partial charge is 0.152 e. The van der Waals surface area contributed by atoms with Crippen LogP contribution in [0.5, 0.6) is 0 Å². The van der Waals surface area contributed by atoms with Gasteiger partial charge in [0.05, 0.1) is 19.3 Å². The Hall–Kier alpha value is -1.46. The number of nitrogens with zero attached hydrogens (tertiary/aromatic N) is 1. The van der Waals surface area contributed by atoms with Crippen molar-refractivity contribution in [1.82, 2.24) is 0 Å². The number of benzene rings is 1. The van der Waals surface area contributed by atoms with Gasteiger partial charge < -0.3 is 14.7 Å². The molecule has 104 valence electrons. The highest BCUT2D eigenvalue weighted by atomic mass is 19.1. The number of piperidine rings is 1. The normalized spacial score (nSPS) is 16.6. The van der Waals surface area contributed by atoms with Crippen LogP contribution in [0.1, 0.15) is 23.2 Å². The van der Waals surface area contributed by atoms with Crippen molar-refractivity contribution in [3.63, 3.8) is 0 Å². The second-order valence-corrected chi connectivity index (χ2v) is 4.60. The van der Waals surface area contributed by atoms with Gasteiger partial charge in [0, 0.05) is 24.3 Å². The van der Waals surface area contributed by atoms with E-state index in [1.165, 1.54) is 12.1 Å². The van der Waals surface area contributed by atoms with E-state index in [1.807, 2.05) is 0 Å². The van der Waals surface area contributed by atoms with Crippen LogP contribution in [0.15, 0.2) is 18.2 Å². The number of aliphatic hydroxyl groups is 1. The van der Waals surface area contributed by atoms with E-state index < -0.39 is 5.82 Å². The lowest BCUT2D eigenvalue weighted by molar-refractivity contribution is 0.0159. The predicted octanol–water partition coefficient (Wildman–Crippen LogP) is 1.62. The van der Waals surface area contributed by atoms with Gasteiger partial charge in [-0.05, 0) is 31.0 Å². The lowest BCUT2D eigenvalue weighted by Crippen LogP contribution is -2.37. The predicted molar refractivity (Wildman–Crippen MR) is 70.1 cm³/mol. The van der Waals surface area contributed by atoms with E-state index in [4.69, 9.17) is 9.84 Å². The Morgan fingerprint density at radius 1 is 1.42 bits per heavy atom. The van der Waals surface area contributed by atoms with E-state index >= 15 is 0 Å². The first-order valence-corrected chi connectivity index (χ1v) is 6.46. The van der Waals surface area contributed by atoms with Crippen molar-refractivity contribution < 1.29 is 19.0 Å². The standard InChI is InChI=1S/C14H18FNO3/c15-12-1-2-14(11(9-12)10-18)16-5-3-13(4-6-16)19-8-7-17/h1-2,9-10,13,17H,3-8H2. The molecule has 0 radical (unpaired) electrons. The Morgan fingerprint density at radius 2 is 2.16 bits per heavy atom. The number of rotatable bonds is 5. The zero-order valence-electron chi connectivity index (χ0n) is 10.7. The summed E-state index contributed by atoms with van der Waals surface area (Å²) in [5.74, 6) is -0.396. The van der Waals surface area contributed by atoms with Gasteiger partial charge in [-0.2, -0.15) is 0 Å². The minimum atomic E-state index is -0.396. The van der Waals surface area contributed by atoms with Crippen LogP contribution in [0.3, 0.4) is 0 Å². The summed E-state index contributed by atoms with van der Waals surface area (Å²) in [4.78, 5) is 13.1. The fraction of sp³-hybridized carbons (Fsp3) is 0.500. The van der Waals surface area contributed by atoms with Crippen molar-refractivity contribution in [2.24, 2.45) is 0 Å². The molecule has 1 aliphatic heterocycles. The topological polar surface area (TPSA) is 49.8 Å². The Morgan fingerprint density at radius 3 is 2.79 bits per heavy atom. The molecular weight excluding hydrogens is 249 g/mol. The number of carbonyl (C=O) groups excluding carboxylic acids is 1. The first-order valence-electron chi connectivity index (χ1n) is 6.46. The SMILES string of the molecule is O=Cc1cc(F)ccc1N1CCC(OCCO)CC1. The summed E-state index contributed by atoms with van der Waals surface area (Å²) in [6, 6.07) is 4.28. The molecule has 0 atom stereocenters. The van der Waals surface area contributed by atoms with Gasteiger partial charge in [-0.1, -0.05) is 0 Å². The van der Waals surface area contributed by atoms with E-state index in [1.54, 1.807) is 6.07 Å². The highest BCUT2D eigenvalue weighted by Gasteiger charge is 2.21. The summed E-state index contributed by atoms with van der Waals surface area (Å²) in [7, 11) is 0. The average molecular weight is 267 g/mol. The number of aldehydes is 1. The van der Waals surface area contributed by atoms with Gasteiger partial charge in [-0.25, -0.2) is 4.39 Å². The van der Waals surface area contributed by atoms with Gasteiger partial charge in [0.2, 0.25) is 0 Å². The molecule has 1 N–H and O–H groups in total. The third kappa shape index (κ3) is 3.52. The summed E-state index contributed by atoms with van der Waals surface area (Å²) >= 11 is 0. The van der Waals surface area contributed by atoms with E-state index in [-0.39, 0.29) is 12.7 Å². The van der Waals surface area contributed by atoms with Crippen molar-refractivity contribution in [3.05, 3.63) is 29.6 Å². The molecule has 0 unspecified atom stereocenters. The van der Waals surface area contributed by atoms with Crippen molar-refractivity contribution >= 4 is 12.0 Å². The van der Waals surface area contributed by atoms with Gasteiger partial charge in [0.15, 0.2) is 6.29 Å². The van der Waals surface area contributed by atoms with Crippen molar-refractivity contribution in [1.29, 1.82) is 0 Å². The highest BCUT2D eigenvalue weighted by Crippen LogP contribution is 2.24. The second-order valence-electron chi connectivity index (χ2n) is 4.60. The molecule has 0 saturated carbocycles. The molecule has 1 saturated heterocycles. The molecular formula is C14H18FNO3. The quantitative estimate of drug-likeness (QED) is 0.824. The molecule has 0 bridgehead atoms. The van der Waals surface area contributed by atoms with Crippen LogP contribution in [-0.2, 0) is 4.74 Å². The Bertz CT molecular complexity index is 431. The maximum atomic E-state index is 13.1. The van der Waals surface area contributed by atoms with Gasteiger partial charge in [-0.3, -0.25) is 4.79 Å². The Kier molecular flexibility index (Phi) is 4.87. The number of hydrogen-bond donors (Lipinski definition) is 1. The number of carbonyl (C=O) groups is 1. The van der Waals surface area contributed by atoms with Gasteiger partial charge in [0.1, 0.15) is 5.82 Å². The molecule has 1 aliphatic rings. The number of aliphatic hydroxyl groups excluding tert-OH is 1. The monoisotopic (exact) mass is 267 g/mol. The number of anilines is 1. The fourth-order valence-corrected chi connectivity index (χ4v) is 2.39. The summed E-state index contributed by atoms with van der Waals surface area (Å²) < 4.78 is 18.6. The molecule has 1 heterocycles. The first kappa shape index (κ1) is 14.0. The Balaban J connectivity index is 1.99. The minimum absolute atomic E-state index is 0.0352. The summed E-state index contributed by atoms with van der Waals surface area (Å²) in [5, 5.41) is 8.71. The molecule has 19 heavy (non-hydrogen) atoms. The van der Waals surface area contributed by atoms with Crippen LogP contribution in [-0.4, -0.2) is 43.8 Å². The first-order chi connectivity index (χ1) is 9.24. The fourth-order valence-electron chi connectivity index (χ4n) is 2.39. The lowest BCUT2D eigenvalue weighted by atomic mass is 10.1. The zero-order chi connectivity index (χ0) is 13.7. The maximum Gasteiger partial charge on any atom is 0.152 e. The van der Waals surface area contributed by atoms with Crippen LogP contribution in [0.4, 0.5) is 10.1 Å². The van der Waals surface area contributed by atoms with Crippen LogP contribution < -0.4 is 4.90 Å². The van der Waals surface area contributed by atoms with Crippen molar-refractivity contribution in [2.45, 2.75) is 18.9 Å². The highest BCUT2D eigenvalue weighted by molar-refractivity contribution is 5.84. The minimum Gasteiger partial charge on any atom is -0.394 e. The van der Waals surface area contributed by atoms with Crippen LogP contribution in [0.25, 0.3) is 0 Å². The summed E-state index contributed by atoms with van der Waals surface area (Å²) in [5.41, 5.74) is 1.16. The second kappa shape index (κ2) is 6.63. The molecule has 2 rings (SSSR count). The molecule has 0 spiro atoms. The molecule has 1 aromatic carbocycles. The van der Waals surface area contributed by atoms with Gasteiger partial charge >= 0.3 is 0 Å². The molecule has 0 amide bonds. The summed E-state index contributed by atoms with van der Waals surface area (Å²) in [6.07, 6.45) is 2.53. The number of ether oxygens (including phenoxy) is 1. The van der Waals surface area contributed by atoms with E-state index in [9.17, 15) is 9.18 Å². The van der Waals surface area contributed by atoms with Crippen molar-refractivity contribution in [3.8, 4) is 0 Å². The molecule has 0 aliphatic carbocycles. The molecule has 1 fully saturated rings. The average Bonchev–Trinajstić information content (AvgIpc) is 2.45. The van der Waals surface area contributed by atoms with Crippen LogP contribution in [0.2, 0.25) is 0 Å². The van der Waals surface area contributed by atoms with Crippen LogP contribution >= 0.6 is 0 Å². The van der Waals surface area contributed by atoms with Crippen LogP contribution in [0, 0.1) is 5.82 Å². The maximum absolute atomic E-state index is 13.1. The number of hydrogen-bond acceptors (Lipinski definition) is 4. The third-order valence-corrected chi connectivity index (χ3v) is 3.34. The molecule has 4 nitrogen and oxygen atoms in total. The lowest BCUT2D eigenvalue weighted by Gasteiger charge is -2.34. The third-order valence-electron chi connectivity index (χ3n) is 3.34. The zero-order valence-corrected chi connectivity index (χ0v) is 10.7. The van der Waals surface area contributed by atoms with E-state index in [2.05, 4.69) is 4.90 Å². The summed E-state index contributed by atoms with van der Waals surface area (Å²) in [6.45, 7) is 1.93. The van der Waals surface area contributed by atoms with Crippen molar-refractivity contribution in [2.75, 3.05) is 31.2 Å². The van der Waals surface area contributed by atoms with E-state index in [0.717, 1.165) is 31.6 Å². The Labute approximate surface area is 111 Å². The van der Waals surface area contributed by atoms with Gasteiger partial charge in [-0.15, -0.1) is 0 Å². The van der Waals surface area contributed by atoms with Gasteiger partial charge in [0.25, 0.3) is 0 Å². The van der Waals surface area contributed by atoms with E-state index in [0.29, 0.717) is 18.5 Å². The number of halogens is 1.